The first-order valence-electron chi connectivity index (χ1n) is 6.09. The zero-order valence-electron chi connectivity index (χ0n) is 11.1. The van der Waals surface area contributed by atoms with E-state index in [0.717, 1.165) is 10.0 Å². The number of nitrogens with one attached hydrogen (secondary N) is 2. The summed E-state index contributed by atoms with van der Waals surface area (Å²) in [6.45, 7) is 4.53. The molecule has 0 aliphatic heterocycles. The number of carbonyl (C=O) groups is 1. The molecule has 0 saturated heterocycles. The number of nitrogens with zero attached hydrogens (tertiary/aromatic N) is 3. The van der Waals surface area contributed by atoms with Gasteiger partial charge in [-0.3, -0.25) is 9.78 Å². The summed E-state index contributed by atoms with van der Waals surface area (Å²) in [7, 11) is 0. The summed E-state index contributed by atoms with van der Waals surface area (Å²) in [5.41, 5.74) is 1.11. The monoisotopic (exact) mass is 335 g/mol. The van der Waals surface area contributed by atoms with Gasteiger partial charge in [0.05, 0.1) is 12.4 Å². The highest BCUT2D eigenvalue weighted by atomic mass is 79.9. The fourth-order valence-electron chi connectivity index (χ4n) is 1.58. The average Bonchev–Trinajstić information content (AvgIpc) is 2.42. The van der Waals surface area contributed by atoms with Crippen molar-refractivity contribution in [2.75, 3.05) is 17.2 Å². The van der Waals surface area contributed by atoms with E-state index in [1.54, 1.807) is 12.4 Å². The molecule has 1 amide bonds. The van der Waals surface area contributed by atoms with Crippen LogP contribution in [-0.4, -0.2) is 27.4 Å². The molecule has 0 aromatic carbocycles. The van der Waals surface area contributed by atoms with Gasteiger partial charge in [-0.05, 0) is 41.4 Å². The van der Waals surface area contributed by atoms with Gasteiger partial charge in [-0.15, -0.1) is 0 Å². The van der Waals surface area contributed by atoms with Gasteiger partial charge in [0.15, 0.2) is 0 Å². The predicted molar refractivity (Wildman–Crippen MR) is 80.8 cm³/mol. The molecule has 0 aliphatic carbocycles. The van der Waals surface area contributed by atoms with Crippen LogP contribution in [0.15, 0.2) is 29.1 Å². The molecular weight excluding hydrogens is 322 g/mol. The Morgan fingerprint density at radius 1 is 1.35 bits per heavy atom. The molecule has 20 heavy (non-hydrogen) atoms. The van der Waals surface area contributed by atoms with Crippen LogP contribution in [0.4, 0.5) is 11.6 Å². The van der Waals surface area contributed by atoms with Crippen LogP contribution in [-0.2, 0) is 0 Å². The highest BCUT2D eigenvalue weighted by molar-refractivity contribution is 9.10. The van der Waals surface area contributed by atoms with Crippen LogP contribution in [0, 0.1) is 6.92 Å². The van der Waals surface area contributed by atoms with Crippen molar-refractivity contribution in [1.82, 2.24) is 15.0 Å². The van der Waals surface area contributed by atoms with Crippen LogP contribution in [0.5, 0.6) is 0 Å². The SMILES string of the molecule is CCNc1cncc(C(=O)Nc2ncc(Br)cc2C)n1. The molecule has 2 rings (SSSR count). The fraction of sp³-hybridized carbons (Fsp3) is 0.231. The minimum atomic E-state index is -0.338. The molecule has 6 nitrogen and oxygen atoms in total. The van der Waals surface area contributed by atoms with E-state index in [4.69, 9.17) is 0 Å². The third-order valence-electron chi connectivity index (χ3n) is 2.50. The summed E-state index contributed by atoms with van der Waals surface area (Å²) >= 11 is 3.33. The molecule has 0 saturated carbocycles. The molecule has 2 aromatic heterocycles. The molecule has 2 N–H and O–H groups in total. The molecule has 0 unspecified atom stereocenters. The maximum atomic E-state index is 12.1. The highest BCUT2D eigenvalue weighted by Gasteiger charge is 2.11. The van der Waals surface area contributed by atoms with Gasteiger partial charge in [-0.2, -0.15) is 0 Å². The number of aromatic nitrogens is 3. The number of hydrogen-bond donors (Lipinski definition) is 2. The Bertz CT molecular complexity index is 632. The summed E-state index contributed by atoms with van der Waals surface area (Å²) in [6.07, 6.45) is 4.62. The number of halogens is 1. The number of carbonyl (C=O) groups excluding carboxylic acids is 1. The lowest BCUT2D eigenvalue weighted by Crippen LogP contribution is -2.16. The largest absolute Gasteiger partial charge is 0.369 e. The Labute approximate surface area is 125 Å². The summed E-state index contributed by atoms with van der Waals surface area (Å²) in [6, 6.07) is 1.88. The van der Waals surface area contributed by atoms with Crippen molar-refractivity contribution < 1.29 is 4.79 Å². The standard InChI is InChI=1S/C13H14BrN5O/c1-3-16-11-7-15-6-10(18-11)13(20)19-12-8(2)4-9(14)5-17-12/h4-7H,3H2,1-2H3,(H,16,18)(H,17,19,20). The molecule has 0 radical (unpaired) electrons. The third-order valence-corrected chi connectivity index (χ3v) is 2.94. The molecule has 7 heteroatoms. The van der Waals surface area contributed by atoms with E-state index in [-0.39, 0.29) is 11.6 Å². The summed E-state index contributed by atoms with van der Waals surface area (Å²) < 4.78 is 0.863. The number of rotatable bonds is 4. The minimum Gasteiger partial charge on any atom is -0.369 e. The molecule has 0 spiro atoms. The van der Waals surface area contributed by atoms with Gasteiger partial charge in [-0.1, -0.05) is 0 Å². The molecular formula is C13H14BrN5O. The van der Waals surface area contributed by atoms with Gasteiger partial charge >= 0.3 is 0 Å². The van der Waals surface area contributed by atoms with Crippen LogP contribution in [0.3, 0.4) is 0 Å². The second kappa shape index (κ2) is 6.42. The Morgan fingerprint density at radius 3 is 2.85 bits per heavy atom. The van der Waals surface area contributed by atoms with E-state index < -0.39 is 0 Å². The lowest BCUT2D eigenvalue weighted by molar-refractivity contribution is 0.102. The number of hydrogen-bond acceptors (Lipinski definition) is 5. The van der Waals surface area contributed by atoms with Crippen LogP contribution in [0.2, 0.25) is 0 Å². The summed E-state index contributed by atoms with van der Waals surface area (Å²) in [4.78, 5) is 24.4. The van der Waals surface area contributed by atoms with E-state index in [1.165, 1.54) is 6.20 Å². The van der Waals surface area contributed by atoms with Crippen LogP contribution >= 0.6 is 15.9 Å². The molecule has 0 fully saturated rings. The van der Waals surface area contributed by atoms with Gasteiger partial charge in [0.25, 0.3) is 5.91 Å². The van der Waals surface area contributed by atoms with Gasteiger partial charge < -0.3 is 10.6 Å². The first-order valence-corrected chi connectivity index (χ1v) is 6.89. The zero-order valence-corrected chi connectivity index (χ0v) is 12.7. The summed E-state index contributed by atoms with van der Waals surface area (Å²) in [5, 5.41) is 5.73. The zero-order chi connectivity index (χ0) is 14.5. The third kappa shape index (κ3) is 3.51. The lowest BCUT2D eigenvalue weighted by atomic mass is 10.3. The Hall–Kier alpha value is -2.02. The molecule has 2 aromatic rings. The van der Waals surface area contributed by atoms with E-state index in [9.17, 15) is 4.79 Å². The highest BCUT2D eigenvalue weighted by Crippen LogP contribution is 2.17. The Kier molecular flexibility index (Phi) is 4.62. The van der Waals surface area contributed by atoms with Crippen molar-refractivity contribution in [3.63, 3.8) is 0 Å². The fourth-order valence-corrected chi connectivity index (χ4v) is 2.03. The second-order valence-electron chi connectivity index (χ2n) is 4.09. The first kappa shape index (κ1) is 14.4. The molecule has 0 aliphatic rings. The molecule has 0 bridgehead atoms. The predicted octanol–water partition coefficient (Wildman–Crippen LogP) is 2.63. The summed E-state index contributed by atoms with van der Waals surface area (Å²) in [5.74, 6) is 0.740. The lowest BCUT2D eigenvalue weighted by Gasteiger charge is -2.08. The Balaban J connectivity index is 2.17. The van der Waals surface area contributed by atoms with Crippen molar-refractivity contribution in [2.45, 2.75) is 13.8 Å². The first-order chi connectivity index (χ1) is 9.60. The molecule has 104 valence electrons. The number of pyridine rings is 1. The minimum absolute atomic E-state index is 0.243. The van der Waals surface area contributed by atoms with E-state index in [0.29, 0.717) is 18.2 Å². The maximum Gasteiger partial charge on any atom is 0.277 e. The smallest absolute Gasteiger partial charge is 0.277 e. The van der Waals surface area contributed by atoms with Crippen LogP contribution in [0.25, 0.3) is 0 Å². The van der Waals surface area contributed by atoms with Crippen molar-refractivity contribution in [1.29, 1.82) is 0 Å². The topological polar surface area (TPSA) is 79.8 Å². The quantitative estimate of drug-likeness (QED) is 0.897. The maximum absolute atomic E-state index is 12.1. The number of aryl methyl sites for hydroxylation is 1. The van der Waals surface area contributed by atoms with Crippen molar-refractivity contribution >= 4 is 33.5 Å². The average molecular weight is 336 g/mol. The Morgan fingerprint density at radius 2 is 2.15 bits per heavy atom. The van der Waals surface area contributed by atoms with E-state index in [1.807, 2.05) is 19.9 Å². The normalized spacial score (nSPS) is 10.2. The van der Waals surface area contributed by atoms with Crippen molar-refractivity contribution in [2.24, 2.45) is 0 Å². The van der Waals surface area contributed by atoms with Gasteiger partial charge in [0, 0.05) is 17.2 Å². The van der Waals surface area contributed by atoms with E-state index >= 15 is 0 Å². The number of amides is 1. The van der Waals surface area contributed by atoms with Crippen LogP contribution < -0.4 is 10.6 Å². The van der Waals surface area contributed by atoms with Gasteiger partial charge in [-0.25, -0.2) is 9.97 Å². The molecule has 0 atom stereocenters. The van der Waals surface area contributed by atoms with Crippen molar-refractivity contribution in [3.05, 3.63) is 40.4 Å². The van der Waals surface area contributed by atoms with E-state index in [2.05, 4.69) is 41.5 Å². The van der Waals surface area contributed by atoms with Crippen molar-refractivity contribution in [3.8, 4) is 0 Å². The van der Waals surface area contributed by atoms with Gasteiger partial charge in [0.1, 0.15) is 17.3 Å². The van der Waals surface area contributed by atoms with Gasteiger partial charge in [0.2, 0.25) is 0 Å². The van der Waals surface area contributed by atoms with Crippen LogP contribution in [0.1, 0.15) is 23.0 Å². The molecule has 2 heterocycles. The number of anilines is 2. The second-order valence-corrected chi connectivity index (χ2v) is 5.01.